The van der Waals surface area contributed by atoms with E-state index in [9.17, 15) is 4.79 Å². The number of hydrogen-bond acceptors (Lipinski definition) is 3. The van der Waals surface area contributed by atoms with Crippen molar-refractivity contribution >= 4 is 21.7 Å². The quantitative estimate of drug-likeness (QED) is 0.781. The lowest BCUT2D eigenvalue weighted by atomic mass is 9.95. The molecular formula is C17H13BrO3. The van der Waals surface area contributed by atoms with Crippen LogP contribution in [0.25, 0.3) is 0 Å². The number of Topliss-reactive ketones (excluding diaryl/α,β-unsaturated/α-hetero) is 1. The first-order chi connectivity index (χ1) is 10.2. The molecule has 0 saturated heterocycles. The van der Waals surface area contributed by atoms with Gasteiger partial charge in [0.2, 0.25) is 0 Å². The van der Waals surface area contributed by atoms with E-state index in [-0.39, 0.29) is 11.9 Å². The molecule has 0 radical (unpaired) electrons. The molecule has 1 unspecified atom stereocenters. The molecule has 106 valence electrons. The zero-order valence-electron chi connectivity index (χ0n) is 11.3. The van der Waals surface area contributed by atoms with Gasteiger partial charge in [0.05, 0.1) is 18.6 Å². The predicted molar refractivity (Wildman–Crippen MR) is 82.1 cm³/mol. The maximum absolute atomic E-state index is 12.3. The molecule has 0 N–H and O–H groups in total. The Morgan fingerprint density at radius 2 is 2.00 bits per heavy atom. The third-order valence-corrected chi connectivity index (χ3v) is 4.46. The van der Waals surface area contributed by atoms with Crippen LogP contribution in [0.3, 0.4) is 0 Å². The van der Waals surface area contributed by atoms with Gasteiger partial charge in [-0.1, -0.05) is 22.0 Å². The molecule has 2 aromatic rings. The lowest BCUT2D eigenvalue weighted by Crippen LogP contribution is -2.20. The Labute approximate surface area is 131 Å². The molecule has 0 aliphatic carbocycles. The smallest absolute Gasteiger partial charge is 0.170 e. The SMILES string of the molecule is O=C1CC(c2ccc3c(c2)CCO3)Oc2cc(Br)ccc21. The second-order valence-electron chi connectivity index (χ2n) is 5.34. The van der Waals surface area contributed by atoms with Gasteiger partial charge >= 0.3 is 0 Å². The summed E-state index contributed by atoms with van der Waals surface area (Å²) in [4.78, 5) is 12.3. The number of halogens is 1. The molecule has 3 nitrogen and oxygen atoms in total. The Morgan fingerprint density at radius 3 is 2.90 bits per heavy atom. The van der Waals surface area contributed by atoms with Crippen LogP contribution >= 0.6 is 15.9 Å². The molecule has 21 heavy (non-hydrogen) atoms. The van der Waals surface area contributed by atoms with Crippen LogP contribution in [-0.4, -0.2) is 12.4 Å². The van der Waals surface area contributed by atoms with Gasteiger partial charge < -0.3 is 9.47 Å². The van der Waals surface area contributed by atoms with Gasteiger partial charge in [-0.2, -0.15) is 0 Å². The Balaban J connectivity index is 1.70. The largest absolute Gasteiger partial charge is 0.493 e. The van der Waals surface area contributed by atoms with E-state index in [0.717, 1.165) is 28.8 Å². The number of ketones is 1. The van der Waals surface area contributed by atoms with Crippen molar-refractivity contribution < 1.29 is 14.3 Å². The fraction of sp³-hybridized carbons (Fsp3) is 0.235. The second-order valence-corrected chi connectivity index (χ2v) is 6.26. The molecular weight excluding hydrogens is 332 g/mol. The molecule has 2 heterocycles. The Morgan fingerprint density at radius 1 is 1.10 bits per heavy atom. The molecule has 0 saturated carbocycles. The van der Waals surface area contributed by atoms with Crippen molar-refractivity contribution in [2.24, 2.45) is 0 Å². The minimum Gasteiger partial charge on any atom is -0.493 e. The monoisotopic (exact) mass is 344 g/mol. The summed E-state index contributed by atoms with van der Waals surface area (Å²) in [5, 5.41) is 0. The number of hydrogen-bond donors (Lipinski definition) is 0. The first-order valence-electron chi connectivity index (χ1n) is 6.96. The normalized spacial score (nSPS) is 19.5. The zero-order valence-corrected chi connectivity index (χ0v) is 12.9. The Kier molecular flexibility index (Phi) is 3.00. The van der Waals surface area contributed by atoms with E-state index in [2.05, 4.69) is 22.0 Å². The zero-order chi connectivity index (χ0) is 14.4. The van der Waals surface area contributed by atoms with E-state index in [0.29, 0.717) is 17.7 Å². The van der Waals surface area contributed by atoms with Crippen LogP contribution in [0, 0.1) is 0 Å². The highest BCUT2D eigenvalue weighted by atomic mass is 79.9. The summed E-state index contributed by atoms with van der Waals surface area (Å²) in [6.07, 6.45) is 1.09. The van der Waals surface area contributed by atoms with Gasteiger partial charge in [-0.3, -0.25) is 4.79 Å². The number of ether oxygens (including phenoxy) is 2. The van der Waals surface area contributed by atoms with Crippen molar-refractivity contribution in [2.75, 3.05) is 6.61 Å². The lowest BCUT2D eigenvalue weighted by molar-refractivity contribution is 0.0850. The highest BCUT2D eigenvalue weighted by Crippen LogP contribution is 2.38. The lowest BCUT2D eigenvalue weighted by Gasteiger charge is -2.26. The molecule has 1 atom stereocenters. The number of fused-ring (bicyclic) bond motifs is 2. The van der Waals surface area contributed by atoms with Gasteiger partial charge in [-0.15, -0.1) is 0 Å². The Bertz CT molecular complexity index is 739. The van der Waals surface area contributed by atoms with Crippen molar-refractivity contribution in [1.29, 1.82) is 0 Å². The number of carbonyl (C=O) groups excluding carboxylic acids is 1. The van der Waals surface area contributed by atoms with Gasteiger partial charge in [-0.25, -0.2) is 0 Å². The minimum absolute atomic E-state index is 0.130. The molecule has 0 bridgehead atoms. The van der Waals surface area contributed by atoms with E-state index in [1.54, 1.807) is 0 Å². The summed E-state index contributed by atoms with van der Waals surface area (Å²) in [6, 6.07) is 11.6. The first-order valence-corrected chi connectivity index (χ1v) is 7.75. The van der Waals surface area contributed by atoms with Crippen molar-refractivity contribution in [3.63, 3.8) is 0 Å². The molecule has 0 spiro atoms. The second kappa shape index (κ2) is 4.88. The maximum Gasteiger partial charge on any atom is 0.170 e. The summed E-state index contributed by atoms with van der Waals surface area (Å²) in [6.45, 7) is 0.735. The van der Waals surface area contributed by atoms with E-state index >= 15 is 0 Å². The molecule has 2 aliphatic rings. The van der Waals surface area contributed by atoms with Crippen molar-refractivity contribution in [3.05, 3.63) is 57.6 Å². The van der Waals surface area contributed by atoms with Crippen LogP contribution in [0.15, 0.2) is 40.9 Å². The van der Waals surface area contributed by atoms with E-state index < -0.39 is 0 Å². The molecule has 0 aromatic heterocycles. The van der Waals surface area contributed by atoms with Crippen LogP contribution in [0.1, 0.15) is 34.0 Å². The number of carbonyl (C=O) groups is 1. The van der Waals surface area contributed by atoms with Crippen molar-refractivity contribution in [2.45, 2.75) is 18.9 Å². The fourth-order valence-electron chi connectivity index (χ4n) is 2.89. The summed E-state index contributed by atoms with van der Waals surface area (Å²) in [5.74, 6) is 1.73. The third kappa shape index (κ3) is 2.23. The van der Waals surface area contributed by atoms with Gasteiger partial charge in [-0.05, 0) is 41.5 Å². The summed E-state index contributed by atoms with van der Waals surface area (Å²) in [5.41, 5.74) is 2.90. The maximum atomic E-state index is 12.3. The molecule has 4 rings (SSSR count). The highest BCUT2D eigenvalue weighted by Gasteiger charge is 2.28. The fourth-order valence-corrected chi connectivity index (χ4v) is 3.23. The van der Waals surface area contributed by atoms with Crippen LogP contribution in [-0.2, 0) is 6.42 Å². The molecule has 4 heteroatoms. The van der Waals surface area contributed by atoms with E-state index in [1.807, 2.05) is 30.3 Å². The average Bonchev–Trinajstić information content (AvgIpc) is 2.94. The topological polar surface area (TPSA) is 35.5 Å². The van der Waals surface area contributed by atoms with E-state index in [1.165, 1.54) is 5.56 Å². The summed E-state index contributed by atoms with van der Waals surface area (Å²) < 4.78 is 12.5. The minimum atomic E-state index is -0.217. The van der Waals surface area contributed by atoms with Gasteiger partial charge in [0.25, 0.3) is 0 Å². The molecule has 0 fully saturated rings. The van der Waals surface area contributed by atoms with Gasteiger partial charge in [0.1, 0.15) is 17.6 Å². The third-order valence-electron chi connectivity index (χ3n) is 3.97. The first kappa shape index (κ1) is 12.9. The van der Waals surface area contributed by atoms with Crippen LogP contribution < -0.4 is 9.47 Å². The predicted octanol–water partition coefficient (Wildman–Crippen LogP) is 4.09. The summed E-state index contributed by atoms with van der Waals surface area (Å²) >= 11 is 3.42. The van der Waals surface area contributed by atoms with Crippen LogP contribution in [0.5, 0.6) is 11.5 Å². The standard InChI is InChI=1S/C17H13BrO3/c18-12-2-3-13-14(19)9-16(21-17(13)8-12)10-1-4-15-11(7-10)5-6-20-15/h1-4,7-8,16H,5-6,9H2. The van der Waals surface area contributed by atoms with Gasteiger partial charge in [0.15, 0.2) is 5.78 Å². The molecule has 2 aromatic carbocycles. The molecule has 2 aliphatic heterocycles. The van der Waals surface area contributed by atoms with Crippen LogP contribution in [0.4, 0.5) is 0 Å². The van der Waals surface area contributed by atoms with Crippen LogP contribution in [0.2, 0.25) is 0 Å². The highest BCUT2D eigenvalue weighted by molar-refractivity contribution is 9.10. The number of benzene rings is 2. The Hall–Kier alpha value is -1.81. The van der Waals surface area contributed by atoms with Gasteiger partial charge in [0, 0.05) is 10.9 Å². The average molecular weight is 345 g/mol. The van der Waals surface area contributed by atoms with Crippen molar-refractivity contribution in [1.82, 2.24) is 0 Å². The van der Waals surface area contributed by atoms with E-state index in [4.69, 9.17) is 9.47 Å². The number of rotatable bonds is 1. The van der Waals surface area contributed by atoms with Crippen molar-refractivity contribution in [3.8, 4) is 11.5 Å². The summed E-state index contributed by atoms with van der Waals surface area (Å²) in [7, 11) is 0. The molecule has 0 amide bonds.